The molecule has 0 aliphatic heterocycles. The third kappa shape index (κ3) is 6.22. The summed E-state index contributed by atoms with van der Waals surface area (Å²) in [4.78, 5) is 0. The molecule has 0 rings (SSSR count). The van der Waals surface area contributed by atoms with Crippen molar-refractivity contribution in [1.82, 2.24) is 0 Å². The second-order valence-electron chi connectivity index (χ2n) is 6.23. The Balaban J connectivity index is 4.21. The van der Waals surface area contributed by atoms with E-state index in [4.69, 9.17) is 0 Å². The number of rotatable bonds is 7. The molecule has 2 unspecified atom stereocenters. The lowest BCUT2D eigenvalue weighted by molar-refractivity contribution is 0.144. The molecule has 0 saturated carbocycles. The molecular formula is C15H32. The Hall–Kier alpha value is 0. The van der Waals surface area contributed by atoms with Gasteiger partial charge in [0.1, 0.15) is 0 Å². The third-order valence-electron chi connectivity index (χ3n) is 3.68. The molecule has 0 nitrogen and oxygen atoms in total. The highest BCUT2D eigenvalue weighted by Gasteiger charge is 2.28. The molecule has 0 heterocycles. The molecule has 15 heavy (non-hydrogen) atoms. The van der Waals surface area contributed by atoms with Gasteiger partial charge in [-0.05, 0) is 23.7 Å². The number of unbranched alkanes of at least 4 members (excludes halogenated alkanes) is 2. The predicted octanol–water partition coefficient (Wildman–Crippen LogP) is 5.67. The maximum Gasteiger partial charge on any atom is -0.0340 e. The molecule has 0 aliphatic rings. The topological polar surface area (TPSA) is 0 Å². The minimum absolute atomic E-state index is 0.488. The van der Waals surface area contributed by atoms with Gasteiger partial charge in [-0.15, -0.1) is 0 Å². The second kappa shape index (κ2) is 7.30. The van der Waals surface area contributed by atoms with Gasteiger partial charge in [0.25, 0.3) is 0 Å². The first-order valence-corrected chi connectivity index (χ1v) is 6.93. The van der Waals surface area contributed by atoms with Gasteiger partial charge in [-0.1, -0.05) is 73.6 Å². The summed E-state index contributed by atoms with van der Waals surface area (Å²) in [6.45, 7) is 14.3. The summed E-state index contributed by atoms with van der Waals surface area (Å²) >= 11 is 0. The average molecular weight is 212 g/mol. The Morgan fingerprint density at radius 1 is 0.867 bits per heavy atom. The van der Waals surface area contributed by atoms with E-state index >= 15 is 0 Å². The molecular weight excluding hydrogens is 180 g/mol. The van der Waals surface area contributed by atoms with Gasteiger partial charge in [-0.3, -0.25) is 0 Å². The molecule has 0 aliphatic carbocycles. The van der Waals surface area contributed by atoms with E-state index in [0.29, 0.717) is 5.41 Å². The summed E-state index contributed by atoms with van der Waals surface area (Å²) in [7, 11) is 0. The molecule has 0 N–H and O–H groups in total. The van der Waals surface area contributed by atoms with E-state index < -0.39 is 0 Å². The summed E-state index contributed by atoms with van der Waals surface area (Å²) < 4.78 is 0. The molecule has 0 aromatic carbocycles. The van der Waals surface area contributed by atoms with Gasteiger partial charge in [-0.25, -0.2) is 0 Å². The molecule has 0 aromatic rings. The van der Waals surface area contributed by atoms with Crippen molar-refractivity contribution in [2.45, 2.75) is 80.1 Å². The van der Waals surface area contributed by atoms with Gasteiger partial charge >= 0.3 is 0 Å². The maximum absolute atomic E-state index is 2.46. The lowest BCUT2D eigenvalue weighted by Crippen LogP contribution is -2.26. The molecule has 2 atom stereocenters. The van der Waals surface area contributed by atoms with E-state index in [9.17, 15) is 0 Å². The molecule has 0 radical (unpaired) electrons. The zero-order chi connectivity index (χ0) is 11.9. The molecule has 0 heteroatoms. The van der Waals surface area contributed by atoms with Crippen LogP contribution < -0.4 is 0 Å². The summed E-state index contributed by atoms with van der Waals surface area (Å²) in [5.41, 5.74) is 0.488. The van der Waals surface area contributed by atoms with Crippen molar-refractivity contribution in [2.75, 3.05) is 0 Å². The summed E-state index contributed by atoms with van der Waals surface area (Å²) in [5.74, 6) is 1.81. The largest absolute Gasteiger partial charge is 0.0654 e. The smallest absolute Gasteiger partial charge is 0.0340 e. The Bertz CT molecular complexity index is 141. The highest BCUT2D eigenvalue weighted by Crippen LogP contribution is 2.38. The molecule has 0 amide bonds. The summed E-state index contributed by atoms with van der Waals surface area (Å²) in [6.07, 6.45) is 8.33. The molecule has 92 valence electrons. The van der Waals surface area contributed by atoms with Crippen molar-refractivity contribution < 1.29 is 0 Å². The van der Waals surface area contributed by atoms with Gasteiger partial charge in [0, 0.05) is 0 Å². The van der Waals surface area contributed by atoms with Crippen molar-refractivity contribution in [3.63, 3.8) is 0 Å². The van der Waals surface area contributed by atoms with E-state index in [0.717, 1.165) is 11.8 Å². The fourth-order valence-corrected chi connectivity index (χ4v) is 2.72. The van der Waals surface area contributed by atoms with Crippen LogP contribution in [0.15, 0.2) is 0 Å². The lowest BCUT2D eigenvalue weighted by Gasteiger charge is -2.36. The van der Waals surface area contributed by atoms with Gasteiger partial charge in [-0.2, -0.15) is 0 Å². The van der Waals surface area contributed by atoms with Crippen molar-refractivity contribution in [2.24, 2.45) is 17.3 Å². The van der Waals surface area contributed by atoms with Gasteiger partial charge in [0.15, 0.2) is 0 Å². The van der Waals surface area contributed by atoms with Gasteiger partial charge < -0.3 is 0 Å². The quantitative estimate of drug-likeness (QED) is 0.510. The molecule has 0 saturated heterocycles. The SMILES string of the molecule is CCCCC(C)C(CCCC)C(C)(C)C. The van der Waals surface area contributed by atoms with Crippen molar-refractivity contribution in [3.8, 4) is 0 Å². The minimum atomic E-state index is 0.488. The van der Waals surface area contributed by atoms with Crippen LogP contribution in [0.25, 0.3) is 0 Å². The standard InChI is InChI=1S/C15H32/c1-7-9-11-13(3)14(12-10-8-2)15(4,5)6/h13-14H,7-12H2,1-6H3. The van der Waals surface area contributed by atoms with E-state index in [1.54, 1.807) is 0 Å². The van der Waals surface area contributed by atoms with Crippen LogP contribution in [-0.4, -0.2) is 0 Å². The fraction of sp³-hybridized carbons (Fsp3) is 1.00. The highest BCUT2D eigenvalue weighted by molar-refractivity contribution is 4.78. The minimum Gasteiger partial charge on any atom is -0.0654 e. The monoisotopic (exact) mass is 212 g/mol. The first kappa shape index (κ1) is 15.0. The molecule has 0 spiro atoms. The number of hydrogen-bond donors (Lipinski definition) is 0. The van der Waals surface area contributed by atoms with Crippen molar-refractivity contribution in [3.05, 3.63) is 0 Å². The van der Waals surface area contributed by atoms with Crippen molar-refractivity contribution >= 4 is 0 Å². The molecule has 0 fully saturated rings. The highest BCUT2D eigenvalue weighted by atomic mass is 14.3. The fourth-order valence-electron chi connectivity index (χ4n) is 2.72. The Labute approximate surface area is 97.8 Å². The zero-order valence-corrected chi connectivity index (χ0v) is 11.9. The Morgan fingerprint density at radius 2 is 1.33 bits per heavy atom. The summed E-state index contributed by atoms with van der Waals surface area (Å²) in [6, 6.07) is 0. The van der Waals surface area contributed by atoms with Crippen LogP contribution in [0.2, 0.25) is 0 Å². The van der Waals surface area contributed by atoms with Crippen LogP contribution in [-0.2, 0) is 0 Å². The van der Waals surface area contributed by atoms with Gasteiger partial charge in [0.2, 0.25) is 0 Å². The van der Waals surface area contributed by atoms with E-state index in [1.165, 1.54) is 38.5 Å². The third-order valence-corrected chi connectivity index (χ3v) is 3.68. The maximum atomic E-state index is 2.46. The normalized spacial score (nSPS) is 16.4. The van der Waals surface area contributed by atoms with E-state index in [2.05, 4.69) is 41.5 Å². The van der Waals surface area contributed by atoms with E-state index in [-0.39, 0.29) is 0 Å². The lowest BCUT2D eigenvalue weighted by atomic mass is 9.70. The van der Waals surface area contributed by atoms with Crippen molar-refractivity contribution in [1.29, 1.82) is 0 Å². The predicted molar refractivity (Wildman–Crippen MR) is 71.2 cm³/mol. The molecule has 0 aromatic heterocycles. The van der Waals surface area contributed by atoms with Crippen LogP contribution in [0.1, 0.15) is 80.1 Å². The van der Waals surface area contributed by atoms with Gasteiger partial charge in [0.05, 0.1) is 0 Å². The average Bonchev–Trinajstić information content (AvgIpc) is 2.13. The number of hydrogen-bond acceptors (Lipinski definition) is 0. The van der Waals surface area contributed by atoms with Crippen LogP contribution in [0.3, 0.4) is 0 Å². The summed E-state index contributed by atoms with van der Waals surface area (Å²) in [5, 5.41) is 0. The Kier molecular flexibility index (Phi) is 7.30. The van der Waals surface area contributed by atoms with E-state index in [1.807, 2.05) is 0 Å². The Morgan fingerprint density at radius 3 is 1.73 bits per heavy atom. The van der Waals surface area contributed by atoms with Crippen LogP contribution in [0, 0.1) is 17.3 Å². The van der Waals surface area contributed by atoms with Crippen LogP contribution in [0.4, 0.5) is 0 Å². The first-order chi connectivity index (χ1) is 6.93. The van der Waals surface area contributed by atoms with Crippen LogP contribution >= 0.6 is 0 Å². The first-order valence-electron chi connectivity index (χ1n) is 6.93. The second-order valence-corrected chi connectivity index (χ2v) is 6.23. The van der Waals surface area contributed by atoms with Crippen LogP contribution in [0.5, 0.6) is 0 Å². The zero-order valence-electron chi connectivity index (χ0n) is 11.9. The molecule has 0 bridgehead atoms.